The Labute approximate surface area is 178 Å². The summed E-state index contributed by atoms with van der Waals surface area (Å²) in [6, 6.07) is 15.7. The molecular weight excluding hydrogens is 424 g/mol. The second-order valence-corrected chi connectivity index (χ2v) is 12.1. The minimum Gasteiger partial charge on any atom is -0.497 e. The highest BCUT2D eigenvalue weighted by Gasteiger charge is 2.48. The van der Waals surface area contributed by atoms with E-state index in [2.05, 4.69) is 4.90 Å². The van der Waals surface area contributed by atoms with E-state index < -0.39 is 31.0 Å². The summed E-state index contributed by atoms with van der Waals surface area (Å²) in [5.41, 5.74) is 1.12. The summed E-state index contributed by atoms with van der Waals surface area (Å²) in [5.74, 6) is 0.116. The van der Waals surface area contributed by atoms with Gasteiger partial charge >= 0.3 is 0 Å². The van der Waals surface area contributed by atoms with Crippen LogP contribution in [0.2, 0.25) is 0 Å². The van der Waals surface area contributed by atoms with E-state index in [4.69, 9.17) is 4.74 Å². The number of piperazine rings is 1. The number of nitrogens with zero attached hydrogens (tertiary/aromatic N) is 2. The summed E-state index contributed by atoms with van der Waals surface area (Å²) in [5, 5.41) is -0.959. The molecule has 0 amide bonds. The molecule has 2 heterocycles. The van der Waals surface area contributed by atoms with Crippen molar-refractivity contribution >= 4 is 25.4 Å². The van der Waals surface area contributed by atoms with Gasteiger partial charge in [0.2, 0.25) is 0 Å². The number of anilines is 1. The predicted molar refractivity (Wildman–Crippen MR) is 117 cm³/mol. The average molecular weight is 451 g/mol. The van der Waals surface area contributed by atoms with Gasteiger partial charge < -0.3 is 9.64 Å². The van der Waals surface area contributed by atoms with E-state index in [1.807, 2.05) is 35.2 Å². The third-order valence-corrected chi connectivity index (χ3v) is 10.1. The Morgan fingerprint density at radius 3 is 2.13 bits per heavy atom. The second kappa shape index (κ2) is 8.20. The van der Waals surface area contributed by atoms with Gasteiger partial charge in [0.25, 0.3) is 0 Å². The highest BCUT2D eigenvalue weighted by molar-refractivity contribution is 7.96. The number of benzene rings is 2. The molecule has 2 aromatic rings. The largest absolute Gasteiger partial charge is 0.497 e. The first kappa shape index (κ1) is 21.1. The number of methoxy groups -OCH3 is 1. The highest BCUT2D eigenvalue weighted by atomic mass is 32.2. The Bertz CT molecular complexity index is 1080. The molecule has 0 spiro atoms. The van der Waals surface area contributed by atoms with Gasteiger partial charge in [0.05, 0.1) is 28.8 Å². The molecule has 0 aliphatic carbocycles. The van der Waals surface area contributed by atoms with Crippen molar-refractivity contribution in [1.82, 2.24) is 4.90 Å². The molecule has 2 fully saturated rings. The van der Waals surface area contributed by atoms with Crippen LogP contribution in [-0.4, -0.2) is 77.8 Å². The van der Waals surface area contributed by atoms with E-state index in [1.165, 1.54) is 19.2 Å². The number of hydrogen-bond acceptors (Lipinski definition) is 7. The van der Waals surface area contributed by atoms with Crippen LogP contribution >= 0.6 is 0 Å². The van der Waals surface area contributed by atoms with Gasteiger partial charge in [-0.15, -0.1) is 0 Å². The Hall–Kier alpha value is -2.10. The van der Waals surface area contributed by atoms with E-state index >= 15 is 0 Å². The molecule has 7 nitrogen and oxygen atoms in total. The molecule has 0 radical (unpaired) electrons. The molecule has 30 heavy (non-hydrogen) atoms. The minimum atomic E-state index is -3.79. The number of sulfone groups is 2. The second-order valence-electron chi connectivity index (χ2n) is 7.76. The highest BCUT2D eigenvalue weighted by Crippen LogP contribution is 2.31. The van der Waals surface area contributed by atoms with Crippen LogP contribution < -0.4 is 9.64 Å². The predicted octanol–water partition coefficient (Wildman–Crippen LogP) is 1.46. The van der Waals surface area contributed by atoms with Crippen molar-refractivity contribution in [2.75, 3.05) is 49.7 Å². The maximum atomic E-state index is 13.3. The maximum Gasteiger partial charge on any atom is 0.183 e. The van der Waals surface area contributed by atoms with Crippen LogP contribution in [0.4, 0.5) is 5.69 Å². The van der Waals surface area contributed by atoms with Crippen LogP contribution in [0.1, 0.15) is 0 Å². The lowest BCUT2D eigenvalue weighted by atomic mass is 10.1. The lowest BCUT2D eigenvalue weighted by Gasteiger charge is -2.40. The van der Waals surface area contributed by atoms with E-state index in [0.717, 1.165) is 18.8 Å². The molecule has 2 aliphatic rings. The maximum absolute atomic E-state index is 13.3. The van der Waals surface area contributed by atoms with Crippen molar-refractivity contribution in [3.63, 3.8) is 0 Å². The molecule has 0 bridgehead atoms. The fourth-order valence-corrected chi connectivity index (χ4v) is 9.15. The van der Waals surface area contributed by atoms with Crippen molar-refractivity contribution in [1.29, 1.82) is 0 Å². The van der Waals surface area contributed by atoms with Crippen molar-refractivity contribution in [2.24, 2.45) is 0 Å². The molecule has 2 aliphatic heterocycles. The van der Waals surface area contributed by atoms with E-state index in [9.17, 15) is 16.8 Å². The van der Waals surface area contributed by atoms with E-state index in [1.54, 1.807) is 12.1 Å². The summed E-state index contributed by atoms with van der Waals surface area (Å²) in [6.45, 7) is 2.72. The van der Waals surface area contributed by atoms with Crippen LogP contribution in [0.15, 0.2) is 59.5 Å². The molecule has 9 heteroatoms. The first-order chi connectivity index (χ1) is 14.3. The van der Waals surface area contributed by atoms with Crippen LogP contribution in [0.25, 0.3) is 0 Å². The monoisotopic (exact) mass is 450 g/mol. The van der Waals surface area contributed by atoms with Gasteiger partial charge in [-0.2, -0.15) is 0 Å². The fraction of sp³-hybridized carbons (Fsp3) is 0.429. The summed E-state index contributed by atoms with van der Waals surface area (Å²) in [4.78, 5) is 4.42. The van der Waals surface area contributed by atoms with E-state index in [-0.39, 0.29) is 16.4 Å². The number of ether oxygens (including phenoxy) is 1. The zero-order chi connectivity index (χ0) is 21.4. The van der Waals surface area contributed by atoms with Gasteiger partial charge in [-0.25, -0.2) is 16.8 Å². The average Bonchev–Trinajstić information content (AvgIpc) is 3.11. The van der Waals surface area contributed by atoms with Crippen molar-refractivity contribution in [3.05, 3.63) is 54.6 Å². The minimum absolute atomic E-state index is 0.113. The Balaban J connectivity index is 1.54. The quantitative estimate of drug-likeness (QED) is 0.682. The molecule has 2 atom stereocenters. The number of para-hydroxylation sites is 1. The third kappa shape index (κ3) is 4.19. The summed E-state index contributed by atoms with van der Waals surface area (Å²) < 4.78 is 56.6. The standard InChI is InChI=1S/C21H26N2O5S2/c1-28-18-7-9-19(10-8-18)30(26,27)21-16-29(24,25)15-20(21)23-13-11-22(12-14-23)17-5-3-2-4-6-17/h2-10,20-21H,11-16H2,1H3/t20-,21-/m1/s1. The number of rotatable bonds is 5. The lowest BCUT2D eigenvalue weighted by Crippen LogP contribution is -2.55. The first-order valence-corrected chi connectivity index (χ1v) is 13.3. The van der Waals surface area contributed by atoms with Crippen LogP contribution in [0.3, 0.4) is 0 Å². The van der Waals surface area contributed by atoms with Crippen molar-refractivity contribution < 1.29 is 21.6 Å². The Morgan fingerprint density at radius 1 is 0.900 bits per heavy atom. The fourth-order valence-electron chi connectivity index (χ4n) is 4.32. The molecular formula is C21H26N2O5S2. The SMILES string of the molecule is COc1ccc(S(=O)(=O)[C@@H]2CS(=O)(=O)C[C@H]2N2CCN(c3ccccc3)CC2)cc1. The van der Waals surface area contributed by atoms with Gasteiger partial charge in [-0.3, -0.25) is 4.90 Å². The summed E-state index contributed by atoms with van der Waals surface area (Å²) in [6.07, 6.45) is 0. The number of hydrogen-bond donors (Lipinski definition) is 0. The zero-order valence-corrected chi connectivity index (χ0v) is 18.5. The van der Waals surface area contributed by atoms with Gasteiger partial charge in [0.15, 0.2) is 19.7 Å². The Morgan fingerprint density at radius 2 is 1.53 bits per heavy atom. The van der Waals surface area contributed by atoms with Gasteiger partial charge in [-0.05, 0) is 36.4 Å². The molecule has 2 aromatic carbocycles. The topological polar surface area (TPSA) is 84.0 Å². The molecule has 0 aromatic heterocycles. The lowest BCUT2D eigenvalue weighted by molar-refractivity contribution is 0.201. The van der Waals surface area contributed by atoms with Crippen molar-refractivity contribution in [2.45, 2.75) is 16.2 Å². The Kier molecular flexibility index (Phi) is 5.78. The van der Waals surface area contributed by atoms with E-state index in [0.29, 0.717) is 18.8 Å². The van der Waals surface area contributed by atoms with Crippen molar-refractivity contribution in [3.8, 4) is 5.75 Å². The molecule has 2 saturated heterocycles. The molecule has 162 valence electrons. The molecule has 0 unspecified atom stereocenters. The normalized spacial score (nSPS) is 24.6. The first-order valence-electron chi connectivity index (χ1n) is 9.92. The van der Waals surface area contributed by atoms with Gasteiger partial charge in [0, 0.05) is 37.9 Å². The smallest absolute Gasteiger partial charge is 0.183 e. The van der Waals surface area contributed by atoms with Crippen LogP contribution in [0, 0.1) is 0 Å². The third-order valence-electron chi connectivity index (χ3n) is 5.96. The van der Waals surface area contributed by atoms with Crippen LogP contribution in [0.5, 0.6) is 5.75 Å². The molecule has 0 saturated carbocycles. The van der Waals surface area contributed by atoms with Gasteiger partial charge in [0.1, 0.15) is 5.75 Å². The van der Waals surface area contributed by atoms with Gasteiger partial charge in [-0.1, -0.05) is 18.2 Å². The molecule has 0 N–H and O–H groups in total. The summed E-state index contributed by atoms with van der Waals surface area (Å²) >= 11 is 0. The summed E-state index contributed by atoms with van der Waals surface area (Å²) in [7, 11) is -5.70. The zero-order valence-electron chi connectivity index (χ0n) is 16.8. The molecule has 4 rings (SSSR count). The van der Waals surface area contributed by atoms with Crippen LogP contribution in [-0.2, 0) is 19.7 Å².